The van der Waals surface area contributed by atoms with Gasteiger partial charge in [0.2, 0.25) is 0 Å². The molecule has 0 amide bonds. The van der Waals surface area contributed by atoms with Gasteiger partial charge in [-0.2, -0.15) is 0 Å². The third-order valence-electron chi connectivity index (χ3n) is 2.27. The fourth-order valence-corrected chi connectivity index (χ4v) is 1.87. The van der Waals surface area contributed by atoms with Gasteiger partial charge in [0, 0.05) is 22.1 Å². The van der Waals surface area contributed by atoms with Crippen LogP contribution in [0.3, 0.4) is 0 Å². The van der Waals surface area contributed by atoms with Crippen LogP contribution in [0.4, 0.5) is 0 Å². The summed E-state index contributed by atoms with van der Waals surface area (Å²) >= 11 is 11.9. The van der Waals surface area contributed by atoms with Crippen molar-refractivity contribution in [3.05, 3.63) is 46.5 Å². The van der Waals surface area contributed by atoms with E-state index in [1.54, 1.807) is 6.07 Å². The molecule has 1 N–H and O–H groups in total. The van der Waals surface area contributed by atoms with E-state index in [0.29, 0.717) is 10.0 Å². The quantitative estimate of drug-likeness (QED) is 0.789. The molecule has 0 saturated carbocycles. The van der Waals surface area contributed by atoms with Crippen LogP contribution in [0, 0.1) is 0 Å². The zero-order valence-corrected chi connectivity index (χ0v) is 10.5. The molecule has 1 aromatic rings. The lowest BCUT2D eigenvalue weighted by Crippen LogP contribution is -2.36. The van der Waals surface area contributed by atoms with Gasteiger partial charge in [-0.1, -0.05) is 29.3 Å². The Morgan fingerprint density at radius 1 is 1.27 bits per heavy atom. The molecule has 0 saturated heterocycles. The van der Waals surface area contributed by atoms with Crippen molar-refractivity contribution in [3.8, 4) is 0 Å². The fraction of sp³-hybridized carbons (Fsp3) is 0.333. The van der Waals surface area contributed by atoms with E-state index in [-0.39, 0.29) is 5.54 Å². The number of hydrogen-bond acceptors (Lipinski definition) is 1. The van der Waals surface area contributed by atoms with Crippen molar-refractivity contribution in [3.63, 3.8) is 0 Å². The molecule has 1 rings (SSSR count). The minimum atomic E-state index is -0.164. The molecule has 0 radical (unpaired) electrons. The summed E-state index contributed by atoms with van der Waals surface area (Å²) in [6, 6.07) is 5.57. The van der Waals surface area contributed by atoms with Crippen LogP contribution in [0.15, 0.2) is 30.9 Å². The minimum absolute atomic E-state index is 0.164. The second-order valence-electron chi connectivity index (χ2n) is 3.95. The van der Waals surface area contributed by atoms with E-state index in [0.717, 1.165) is 12.1 Å². The van der Waals surface area contributed by atoms with E-state index in [4.69, 9.17) is 23.2 Å². The lowest BCUT2D eigenvalue weighted by molar-refractivity contribution is 0.425. The molecule has 0 heterocycles. The van der Waals surface area contributed by atoms with E-state index in [2.05, 4.69) is 25.7 Å². The Morgan fingerprint density at radius 2 is 1.80 bits per heavy atom. The Hall–Kier alpha value is -0.500. The van der Waals surface area contributed by atoms with Crippen molar-refractivity contribution in [2.24, 2.45) is 0 Å². The van der Waals surface area contributed by atoms with Crippen molar-refractivity contribution >= 4 is 23.2 Å². The monoisotopic (exact) mass is 243 g/mol. The molecule has 0 aromatic heterocycles. The van der Waals surface area contributed by atoms with Gasteiger partial charge in [-0.15, -0.1) is 6.58 Å². The summed E-state index contributed by atoms with van der Waals surface area (Å²) in [7, 11) is 0. The van der Waals surface area contributed by atoms with Gasteiger partial charge in [0.1, 0.15) is 0 Å². The lowest BCUT2D eigenvalue weighted by atomic mass is 9.94. The van der Waals surface area contributed by atoms with Gasteiger partial charge >= 0.3 is 0 Å². The molecule has 1 aromatic carbocycles. The van der Waals surface area contributed by atoms with Gasteiger partial charge in [0.05, 0.1) is 0 Å². The highest BCUT2D eigenvalue weighted by Crippen LogP contribution is 2.26. The molecule has 0 aliphatic rings. The van der Waals surface area contributed by atoms with E-state index in [1.165, 1.54) is 0 Å². The highest BCUT2D eigenvalue weighted by atomic mass is 35.5. The number of nitrogens with one attached hydrogen (secondary N) is 1. The third kappa shape index (κ3) is 3.53. The van der Waals surface area contributed by atoms with Crippen LogP contribution in [-0.2, 0) is 5.54 Å². The first-order valence-corrected chi connectivity index (χ1v) is 5.54. The van der Waals surface area contributed by atoms with Gasteiger partial charge < -0.3 is 5.32 Å². The van der Waals surface area contributed by atoms with Crippen molar-refractivity contribution in [1.29, 1.82) is 0 Å². The van der Waals surface area contributed by atoms with Crippen molar-refractivity contribution in [2.45, 2.75) is 19.4 Å². The van der Waals surface area contributed by atoms with Crippen LogP contribution in [0.5, 0.6) is 0 Å². The van der Waals surface area contributed by atoms with Crippen molar-refractivity contribution in [2.75, 3.05) is 6.54 Å². The second kappa shape index (κ2) is 5.02. The SMILES string of the molecule is C=CCNC(C)(C)c1cc(Cl)cc(Cl)c1. The van der Waals surface area contributed by atoms with Gasteiger partial charge in [-0.25, -0.2) is 0 Å². The van der Waals surface area contributed by atoms with Crippen LogP contribution in [0.25, 0.3) is 0 Å². The topological polar surface area (TPSA) is 12.0 Å². The maximum Gasteiger partial charge on any atom is 0.0424 e. The largest absolute Gasteiger partial charge is 0.304 e. The maximum absolute atomic E-state index is 5.96. The first-order chi connectivity index (χ1) is 6.95. The predicted octanol–water partition coefficient (Wildman–Crippen LogP) is 4.00. The Kier molecular flexibility index (Phi) is 4.21. The number of benzene rings is 1. The van der Waals surface area contributed by atoms with E-state index in [1.807, 2.05) is 18.2 Å². The molecule has 82 valence electrons. The van der Waals surface area contributed by atoms with Gasteiger partial charge in [0.25, 0.3) is 0 Å². The highest BCUT2D eigenvalue weighted by Gasteiger charge is 2.19. The summed E-state index contributed by atoms with van der Waals surface area (Å²) in [6.07, 6.45) is 1.83. The van der Waals surface area contributed by atoms with Crippen LogP contribution in [0.1, 0.15) is 19.4 Å². The van der Waals surface area contributed by atoms with Gasteiger partial charge in [-0.3, -0.25) is 0 Å². The summed E-state index contributed by atoms with van der Waals surface area (Å²) in [5, 5.41) is 4.66. The molecule has 0 spiro atoms. The molecular formula is C12H15Cl2N. The Labute approximate surface area is 101 Å². The van der Waals surface area contributed by atoms with Crippen molar-refractivity contribution < 1.29 is 0 Å². The lowest BCUT2D eigenvalue weighted by Gasteiger charge is -2.26. The van der Waals surface area contributed by atoms with E-state index in [9.17, 15) is 0 Å². The van der Waals surface area contributed by atoms with Crippen LogP contribution in [0.2, 0.25) is 10.0 Å². The zero-order valence-electron chi connectivity index (χ0n) is 8.98. The fourth-order valence-electron chi connectivity index (χ4n) is 1.34. The van der Waals surface area contributed by atoms with Crippen LogP contribution >= 0.6 is 23.2 Å². The molecular weight excluding hydrogens is 229 g/mol. The number of halogens is 2. The average Bonchev–Trinajstić information content (AvgIpc) is 2.13. The molecule has 0 atom stereocenters. The highest BCUT2D eigenvalue weighted by molar-refractivity contribution is 6.34. The minimum Gasteiger partial charge on any atom is -0.304 e. The van der Waals surface area contributed by atoms with Crippen LogP contribution < -0.4 is 5.32 Å². The Bertz CT molecular complexity index is 338. The summed E-state index contributed by atoms with van der Waals surface area (Å²) in [6.45, 7) is 8.59. The Morgan fingerprint density at radius 3 is 2.27 bits per heavy atom. The maximum atomic E-state index is 5.96. The van der Waals surface area contributed by atoms with E-state index >= 15 is 0 Å². The standard InChI is InChI=1S/C12H15Cl2N/c1-4-5-15-12(2,3)9-6-10(13)8-11(14)7-9/h4,6-8,15H,1,5H2,2-3H3. The molecule has 0 aliphatic carbocycles. The third-order valence-corrected chi connectivity index (χ3v) is 2.71. The van der Waals surface area contributed by atoms with Crippen molar-refractivity contribution in [1.82, 2.24) is 5.32 Å². The summed E-state index contributed by atoms with van der Waals surface area (Å²) in [5.74, 6) is 0. The predicted molar refractivity (Wildman–Crippen MR) is 67.7 cm³/mol. The molecule has 1 nitrogen and oxygen atoms in total. The van der Waals surface area contributed by atoms with E-state index < -0.39 is 0 Å². The molecule has 0 fully saturated rings. The van der Waals surface area contributed by atoms with Gasteiger partial charge in [0.15, 0.2) is 0 Å². The molecule has 0 aliphatic heterocycles. The van der Waals surface area contributed by atoms with Crippen LogP contribution in [-0.4, -0.2) is 6.54 Å². The Balaban J connectivity index is 2.97. The number of rotatable bonds is 4. The summed E-state index contributed by atoms with van der Waals surface area (Å²) < 4.78 is 0. The molecule has 3 heteroatoms. The first-order valence-electron chi connectivity index (χ1n) is 4.78. The number of hydrogen-bond donors (Lipinski definition) is 1. The zero-order chi connectivity index (χ0) is 11.5. The average molecular weight is 244 g/mol. The summed E-state index contributed by atoms with van der Waals surface area (Å²) in [4.78, 5) is 0. The second-order valence-corrected chi connectivity index (χ2v) is 4.83. The smallest absolute Gasteiger partial charge is 0.0424 e. The molecule has 0 bridgehead atoms. The normalized spacial score (nSPS) is 11.5. The first kappa shape index (κ1) is 12.6. The van der Waals surface area contributed by atoms with Gasteiger partial charge in [-0.05, 0) is 37.6 Å². The molecule has 0 unspecified atom stereocenters. The molecule has 15 heavy (non-hydrogen) atoms. The summed E-state index contributed by atoms with van der Waals surface area (Å²) in [5.41, 5.74) is 0.907.